The Morgan fingerprint density at radius 2 is 1.72 bits per heavy atom. The molecule has 162 valence electrons. The van der Waals surface area contributed by atoms with E-state index in [0.29, 0.717) is 54.1 Å². The summed E-state index contributed by atoms with van der Waals surface area (Å²) in [6.45, 7) is 5.63. The summed E-state index contributed by atoms with van der Waals surface area (Å²) in [4.78, 5) is 17.1. The van der Waals surface area contributed by atoms with E-state index in [1.54, 1.807) is 6.92 Å². The van der Waals surface area contributed by atoms with Crippen LogP contribution in [0.3, 0.4) is 0 Å². The molecule has 1 saturated carbocycles. The molecule has 8 heteroatoms. The van der Waals surface area contributed by atoms with Gasteiger partial charge in [-0.3, -0.25) is 4.79 Å². The van der Waals surface area contributed by atoms with Gasteiger partial charge in [0.25, 0.3) is 0 Å². The van der Waals surface area contributed by atoms with Gasteiger partial charge in [0.05, 0.1) is 11.4 Å². The number of benzene rings is 1. The summed E-state index contributed by atoms with van der Waals surface area (Å²) in [6, 6.07) is 2.82. The van der Waals surface area contributed by atoms with E-state index in [4.69, 9.17) is 0 Å². The molecule has 0 bridgehead atoms. The molecule has 2 fully saturated rings. The van der Waals surface area contributed by atoms with Crippen LogP contribution in [0, 0.1) is 18.2 Å². The lowest BCUT2D eigenvalue weighted by atomic mass is 9.74. The fraction of sp³-hybridized carbons (Fsp3) is 0.667. The SMILES string of the molecule is Cc1cc(F)c(N2CCN(C(=O)C3(C)CCCCC3)CC2)cc1SCC(F)(F)F. The minimum Gasteiger partial charge on any atom is -0.366 e. The lowest BCUT2D eigenvalue weighted by molar-refractivity contribution is -0.143. The van der Waals surface area contributed by atoms with Crippen LogP contribution < -0.4 is 4.90 Å². The number of alkyl halides is 3. The van der Waals surface area contributed by atoms with Gasteiger partial charge < -0.3 is 9.80 Å². The predicted molar refractivity (Wildman–Crippen MR) is 108 cm³/mol. The molecule has 1 amide bonds. The van der Waals surface area contributed by atoms with Crippen LogP contribution in [-0.4, -0.2) is 48.9 Å². The van der Waals surface area contributed by atoms with Crippen molar-refractivity contribution in [1.82, 2.24) is 4.90 Å². The van der Waals surface area contributed by atoms with Gasteiger partial charge in [-0.05, 0) is 37.5 Å². The van der Waals surface area contributed by atoms with Crippen LogP contribution in [0.1, 0.15) is 44.6 Å². The molecule has 0 unspecified atom stereocenters. The monoisotopic (exact) mass is 432 g/mol. The summed E-state index contributed by atoms with van der Waals surface area (Å²) in [5, 5.41) is 0. The zero-order valence-corrected chi connectivity index (χ0v) is 17.8. The van der Waals surface area contributed by atoms with Crippen molar-refractivity contribution < 1.29 is 22.4 Å². The number of carbonyl (C=O) groups excluding carboxylic acids is 1. The molecule has 0 atom stereocenters. The number of halogens is 4. The summed E-state index contributed by atoms with van der Waals surface area (Å²) in [5.74, 6) is -1.25. The third-order valence-corrected chi connectivity index (χ3v) is 7.24. The number of amides is 1. The van der Waals surface area contributed by atoms with Crippen molar-refractivity contribution in [2.24, 2.45) is 5.41 Å². The van der Waals surface area contributed by atoms with E-state index in [2.05, 4.69) is 0 Å². The second kappa shape index (κ2) is 8.74. The van der Waals surface area contributed by atoms with Crippen LogP contribution in [0.2, 0.25) is 0 Å². The molecule has 1 aliphatic carbocycles. The lowest BCUT2D eigenvalue weighted by Gasteiger charge is -2.42. The highest BCUT2D eigenvalue weighted by Gasteiger charge is 2.38. The van der Waals surface area contributed by atoms with Crippen molar-refractivity contribution in [1.29, 1.82) is 0 Å². The molecule has 1 saturated heterocycles. The molecular weight excluding hydrogens is 404 g/mol. The second-order valence-corrected chi connectivity index (χ2v) is 9.39. The fourth-order valence-electron chi connectivity index (χ4n) is 4.28. The normalized spacial score (nSPS) is 20.1. The number of anilines is 1. The predicted octanol–water partition coefficient (Wildman–Crippen LogP) is 5.41. The molecule has 0 radical (unpaired) electrons. The van der Waals surface area contributed by atoms with Crippen LogP contribution in [0.25, 0.3) is 0 Å². The Morgan fingerprint density at radius 3 is 2.31 bits per heavy atom. The fourth-order valence-corrected chi connectivity index (χ4v) is 5.08. The van der Waals surface area contributed by atoms with Gasteiger partial charge in [0.15, 0.2) is 0 Å². The minimum absolute atomic E-state index is 0.183. The van der Waals surface area contributed by atoms with Crippen LogP contribution in [-0.2, 0) is 4.79 Å². The highest BCUT2D eigenvalue weighted by Crippen LogP contribution is 2.38. The molecule has 3 nitrogen and oxygen atoms in total. The Hall–Kier alpha value is -1.44. The smallest absolute Gasteiger partial charge is 0.366 e. The molecule has 1 aromatic carbocycles. The summed E-state index contributed by atoms with van der Waals surface area (Å²) in [5.41, 5.74) is 0.521. The van der Waals surface area contributed by atoms with E-state index in [1.807, 2.05) is 16.7 Å². The quantitative estimate of drug-likeness (QED) is 0.470. The number of thioether (sulfide) groups is 1. The second-order valence-electron chi connectivity index (χ2n) is 8.37. The van der Waals surface area contributed by atoms with E-state index < -0.39 is 17.7 Å². The zero-order chi connectivity index (χ0) is 21.2. The van der Waals surface area contributed by atoms with Crippen molar-refractivity contribution in [3.8, 4) is 0 Å². The van der Waals surface area contributed by atoms with Crippen molar-refractivity contribution in [2.45, 2.75) is 57.0 Å². The van der Waals surface area contributed by atoms with Crippen molar-refractivity contribution in [3.05, 3.63) is 23.5 Å². The Bertz CT molecular complexity index is 739. The highest BCUT2D eigenvalue weighted by atomic mass is 32.2. The Morgan fingerprint density at radius 1 is 1.10 bits per heavy atom. The topological polar surface area (TPSA) is 23.6 Å². The number of carbonyl (C=O) groups is 1. The van der Waals surface area contributed by atoms with E-state index in [-0.39, 0.29) is 11.3 Å². The number of nitrogens with zero attached hydrogens (tertiary/aromatic N) is 2. The van der Waals surface area contributed by atoms with E-state index in [1.165, 1.54) is 18.6 Å². The average molecular weight is 433 g/mol. The summed E-state index contributed by atoms with van der Waals surface area (Å²) < 4.78 is 52.2. The first kappa shape index (κ1) is 22.2. The maximum Gasteiger partial charge on any atom is 0.398 e. The van der Waals surface area contributed by atoms with Gasteiger partial charge in [-0.2, -0.15) is 13.2 Å². The van der Waals surface area contributed by atoms with Crippen molar-refractivity contribution in [3.63, 3.8) is 0 Å². The maximum absolute atomic E-state index is 14.5. The summed E-state index contributed by atoms with van der Waals surface area (Å²) in [7, 11) is 0. The number of hydrogen-bond acceptors (Lipinski definition) is 3. The van der Waals surface area contributed by atoms with Gasteiger partial charge in [-0.1, -0.05) is 26.2 Å². The van der Waals surface area contributed by atoms with Gasteiger partial charge >= 0.3 is 6.18 Å². The van der Waals surface area contributed by atoms with Gasteiger partial charge in [-0.25, -0.2) is 4.39 Å². The first-order chi connectivity index (χ1) is 13.6. The third-order valence-electron chi connectivity index (χ3n) is 6.02. The number of rotatable bonds is 4. The van der Waals surface area contributed by atoms with Gasteiger partial charge in [0.2, 0.25) is 5.91 Å². The Kier molecular flexibility index (Phi) is 6.70. The number of aryl methyl sites for hydroxylation is 1. The molecule has 2 aliphatic rings. The van der Waals surface area contributed by atoms with Gasteiger partial charge in [0.1, 0.15) is 5.82 Å². The van der Waals surface area contributed by atoms with Gasteiger partial charge in [0, 0.05) is 36.5 Å². The third kappa shape index (κ3) is 5.38. The molecule has 1 aliphatic heterocycles. The van der Waals surface area contributed by atoms with Crippen LogP contribution >= 0.6 is 11.8 Å². The van der Waals surface area contributed by atoms with Gasteiger partial charge in [-0.15, -0.1) is 11.8 Å². The summed E-state index contributed by atoms with van der Waals surface area (Å²) in [6.07, 6.45) is 0.895. The first-order valence-corrected chi connectivity index (χ1v) is 11.1. The number of piperazine rings is 1. The molecule has 3 rings (SSSR count). The first-order valence-electron chi connectivity index (χ1n) is 10.1. The van der Waals surface area contributed by atoms with E-state index in [9.17, 15) is 22.4 Å². The molecular formula is C21H28F4N2OS. The molecule has 0 aromatic heterocycles. The number of hydrogen-bond donors (Lipinski definition) is 0. The maximum atomic E-state index is 14.5. The molecule has 0 N–H and O–H groups in total. The average Bonchev–Trinajstić information content (AvgIpc) is 2.67. The van der Waals surface area contributed by atoms with Crippen molar-refractivity contribution >= 4 is 23.4 Å². The zero-order valence-electron chi connectivity index (χ0n) is 16.9. The molecule has 0 spiro atoms. The van der Waals surface area contributed by atoms with E-state index in [0.717, 1.165) is 25.7 Å². The van der Waals surface area contributed by atoms with Crippen LogP contribution in [0.5, 0.6) is 0 Å². The summed E-state index contributed by atoms with van der Waals surface area (Å²) >= 11 is 0.682. The standard InChI is InChI=1S/C21H28F4N2OS/c1-15-12-16(22)17(13-18(15)29-14-21(23,24)25)26-8-10-27(11-9-26)19(28)20(2)6-4-3-5-7-20/h12-13H,3-11,14H2,1-2H3. The van der Waals surface area contributed by atoms with Crippen LogP contribution in [0.15, 0.2) is 17.0 Å². The molecule has 1 aromatic rings. The largest absolute Gasteiger partial charge is 0.398 e. The van der Waals surface area contributed by atoms with Crippen LogP contribution in [0.4, 0.5) is 23.2 Å². The molecule has 29 heavy (non-hydrogen) atoms. The van der Waals surface area contributed by atoms with E-state index >= 15 is 0 Å². The Balaban J connectivity index is 1.66. The minimum atomic E-state index is -4.27. The highest BCUT2D eigenvalue weighted by molar-refractivity contribution is 7.99. The molecule has 1 heterocycles. The van der Waals surface area contributed by atoms with Crippen molar-refractivity contribution in [2.75, 3.05) is 36.8 Å². The lowest BCUT2D eigenvalue weighted by Crippen LogP contribution is -2.53. The Labute approximate surface area is 173 Å².